The first-order chi connectivity index (χ1) is 14.3. The van der Waals surface area contributed by atoms with Gasteiger partial charge in [-0.05, 0) is 54.7 Å². The Morgan fingerprint density at radius 1 is 1.07 bits per heavy atom. The zero-order valence-corrected chi connectivity index (χ0v) is 19.0. The Morgan fingerprint density at radius 2 is 1.80 bits per heavy atom. The monoisotopic (exact) mass is 463 g/mol. The minimum absolute atomic E-state index is 0.129. The van der Waals surface area contributed by atoms with Crippen molar-refractivity contribution in [2.24, 2.45) is 0 Å². The molecule has 0 amide bonds. The van der Waals surface area contributed by atoms with E-state index in [1.54, 1.807) is 6.07 Å². The number of anilines is 1. The van der Waals surface area contributed by atoms with E-state index in [4.69, 9.17) is 0 Å². The Morgan fingerprint density at radius 3 is 2.50 bits per heavy atom. The van der Waals surface area contributed by atoms with Crippen LogP contribution in [-0.2, 0) is 0 Å². The van der Waals surface area contributed by atoms with Crippen LogP contribution in [0.3, 0.4) is 0 Å². The summed E-state index contributed by atoms with van der Waals surface area (Å²) in [7, 11) is 0. The van der Waals surface area contributed by atoms with Gasteiger partial charge in [-0.3, -0.25) is 0 Å². The number of hydrogen-bond donors (Lipinski definition) is 2. The summed E-state index contributed by atoms with van der Waals surface area (Å²) in [6.45, 7) is 6.47. The molecule has 4 heteroatoms. The first-order valence-corrected chi connectivity index (χ1v) is 11.1. The van der Waals surface area contributed by atoms with Crippen molar-refractivity contribution in [2.45, 2.75) is 45.1 Å². The second kappa shape index (κ2) is 8.27. The average molecular weight is 464 g/mol. The maximum absolute atomic E-state index is 12.1. The summed E-state index contributed by atoms with van der Waals surface area (Å²) < 4.78 is 0.797. The first-order valence-electron chi connectivity index (χ1n) is 10.3. The number of nitrogens with one attached hydrogen (secondary N) is 1. The number of aromatic carboxylic acids is 1. The summed E-state index contributed by atoms with van der Waals surface area (Å²) in [6.07, 6.45) is 0.906. The SMILES string of the molecule is Cc1ccc(C)c(C2CC(C(C)c3ccccc3)Nc3c(C(=O)O)cc(Br)cc32)c1. The van der Waals surface area contributed by atoms with Crippen LogP contribution in [0.15, 0.2) is 65.1 Å². The van der Waals surface area contributed by atoms with E-state index in [-0.39, 0.29) is 17.9 Å². The quantitative estimate of drug-likeness (QED) is 0.442. The molecule has 0 saturated heterocycles. The fraction of sp³-hybridized carbons (Fsp3) is 0.269. The maximum atomic E-state index is 12.1. The molecular weight excluding hydrogens is 438 g/mol. The van der Waals surface area contributed by atoms with Crippen LogP contribution < -0.4 is 5.32 Å². The summed E-state index contributed by atoms with van der Waals surface area (Å²) in [5.41, 5.74) is 7.10. The van der Waals surface area contributed by atoms with Gasteiger partial charge in [0, 0.05) is 22.4 Å². The number of carboxylic acids is 1. The highest BCUT2D eigenvalue weighted by Gasteiger charge is 2.34. The maximum Gasteiger partial charge on any atom is 0.337 e. The lowest BCUT2D eigenvalue weighted by atomic mass is 9.75. The van der Waals surface area contributed by atoms with E-state index in [1.165, 1.54) is 22.3 Å². The molecule has 3 unspecified atom stereocenters. The lowest BCUT2D eigenvalue weighted by Gasteiger charge is -2.38. The summed E-state index contributed by atoms with van der Waals surface area (Å²) in [5.74, 6) is -0.530. The third kappa shape index (κ3) is 3.89. The van der Waals surface area contributed by atoms with E-state index in [0.717, 1.165) is 22.1 Å². The minimum atomic E-state index is -0.909. The van der Waals surface area contributed by atoms with E-state index in [1.807, 2.05) is 6.07 Å². The fourth-order valence-corrected chi connectivity index (χ4v) is 5.08. The normalized spacial score (nSPS) is 18.9. The number of benzene rings is 3. The Balaban J connectivity index is 1.87. The number of aryl methyl sites for hydroxylation is 2. The Hall–Kier alpha value is -2.59. The van der Waals surface area contributed by atoms with E-state index < -0.39 is 5.97 Å². The number of halogens is 1. The fourth-order valence-electron chi connectivity index (χ4n) is 4.61. The van der Waals surface area contributed by atoms with Crippen molar-refractivity contribution in [1.82, 2.24) is 0 Å². The molecule has 4 rings (SSSR count). The van der Waals surface area contributed by atoms with Crippen molar-refractivity contribution in [3.05, 3.63) is 98.5 Å². The molecule has 0 fully saturated rings. The van der Waals surface area contributed by atoms with Crippen LogP contribution in [0, 0.1) is 13.8 Å². The van der Waals surface area contributed by atoms with Crippen molar-refractivity contribution < 1.29 is 9.90 Å². The van der Waals surface area contributed by atoms with Crippen LogP contribution in [-0.4, -0.2) is 17.1 Å². The van der Waals surface area contributed by atoms with Crippen LogP contribution in [0.4, 0.5) is 5.69 Å². The average Bonchev–Trinajstić information content (AvgIpc) is 2.74. The molecule has 3 aromatic rings. The third-order valence-electron chi connectivity index (χ3n) is 6.30. The molecule has 3 nitrogen and oxygen atoms in total. The largest absolute Gasteiger partial charge is 0.478 e. The zero-order valence-electron chi connectivity index (χ0n) is 17.4. The van der Waals surface area contributed by atoms with Crippen molar-refractivity contribution in [3.63, 3.8) is 0 Å². The molecule has 0 spiro atoms. The van der Waals surface area contributed by atoms with Gasteiger partial charge in [-0.1, -0.05) is 76.9 Å². The van der Waals surface area contributed by atoms with Crippen molar-refractivity contribution in [1.29, 1.82) is 0 Å². The molecule has 0 aromatic heterocycles. The summed E-state index contributed by atoms with van der Waals surface area (Å²) in [4.78, 5) is 12.1. The molecular formula is C26H26BrNO2. The summed E-state index contributed by atoms with van der Waals surface area (Å²) in [5, 5.41) is 13.5. The number of fused-ring (bicyclic) bond motifs is 1. The standard InChI is InChI=1S/C26H26BrNO2/c1-15-9-10-16(2)20(11-15)21-14-24(17(3)18-7-5-4-6-8-18)28-25-22(21)12-19(27)13-23(25)26(29)30/h4-13,17,21,24,28H,14H2,1-3H3,(H,29,30). The molecule has 0 aliphatic carbocycles. The highest BCUT2D eigenvalue weighted by molar-refractivity contribution is 9.10. The van der Waals surface area contributed by atoms with Gasteiger partial charge in [0.25, 0.3) is 0 Å². The van der Waals surface area contributed by atoms with Crippen molar-refractivity contribution in [3.8, 4) is 0 Å². The lowest BCUT2D eigenvalue weighted by molar-refractivity contribution is 0.0697. The van der Waals surface area contributed by atoms with Crippen molar-refractivity contribution in [2.75, 3.05) is 5.32 Å². The zero-order chi connectivity index (χ0) is 21.4. The van der Waals surface area contributed by atoms with E-state index in [0.29, 0.717) is 5.56 Å². The van der Waals surface area contributed by atoms with Gasteiger partial charge in [0.05, 0.1) is 11.3 Å². The highest BCUT2D eigenvalue weighted by atomic mass is 79.9. The predicted molar refractivity (Wildman–Crippen MR) is 126 cm³/mol. The lowest BCUT2D eigenvalue weighted by Crippen LogP contribution is -2.34. The van der Waals surface area contributed by atoms with Crippen LogP contribution in [0.25, 0.3) is 0 Å². The van der Waals surface area contributed by atoms with Crippen molar-refractivity contribution >= 4 is 27.6 Å². The highest BCUT2D eigenvalue weighted by Crippen LogP contribution is 2.45. The Kier molecular flexibility index (Phi) is 5.70. The van der Waals surface area contributed by atoms with Crippen LogP contribution >= 0.6 is 15.9 Å². The topological polar surface area (TPSA) is 49.3 Å². The summed E-state index contributed by atoms with van der Waals surface area (Å²) >= 11 is 3.53. The molecule has 2 N–H and O–H groups in total. The van der Waals surface area contributed by atoms with Gasteiger partial charge in [0.1, 0.15) is 0 Å². The number of rotatable bonds is 4. The van der Waals surface area contributed by atoms with Crippen LogP contribution in [0.1, 0.15) is 63.4 Å². The van der Waals surface area contributed by atoms with Crippen LogP contribution in [0.2, 0.25) is 0 Å². The van der Waals surface area contributed by atoms with E-state index >= 15 is 0 Å². The first kappa shape index (κ1) is 20.7. The van der Waals surface area contributed by atoms with Gasteiger partial charge >= 0.3 is 5.97 Å². The Bertz CT molecular complexity index is 1090. The molecule has 0 saturated carbocycles. The van der Waals surface area contributed by atoms with E-state index in [2.05, 4.69) is 90.5 Å². The molecule has 154 valence electrons. The third-order valence-corrected chi connectivity index (χ3v) is 6.76. The van der Waals surface area contributed by atoms with Crippen LogP contribution in [0.5, 0.6) is 0 Å². The molecule has 0 radical (unpaired) electrons. The molecule has 1 aliphatic heterocycles. The molecule has 30 heavy (non-hydrogen) atoms. The Labute approximate surface area is 186 Å². The number of carbonyl (C=O) groups is 1. The second-order valence-corrected chi connectivity index (χ2v) is 9.24. The molecule has 1 aliphatic rings. The summed E-state index contributed by atoms with van der Waals surface area (Å²) in [6, 6.07) is 20.9. The molecule has 1 heterocycles. The minimum Gasteiger partial charge on any atom is -0.478 e. The van der Waals surface area contributed by atoms with Gasteiger partial charge in [-0.25, -0.2) is 4.79 Å². The number of carboxylic acid groups (broad SMARTS) is 1. The van der Waals surface area contributed by atoms with Gasteiger partial charge in [-0.15, -0.1) is 0 Å². The number of hydrogen-bond acceptors (Lipinski definition) is 2. The molecule has 0 bridgehead atoms. The van der Waals surface area contributed by atoms with Gasteiger partial charge in [0.2, 0.25) is 0 Å². The molecule has 3 aromatic carbocycles. The van der Waals surface area contributed by atoms with Gasteiger partial charge < -0.3 is 10.4 Å². The molecule has 3 atom stereocenters. The van der Waals surface area contributed by atoms with Gasteiger partial charge in [0.15, 0.2) is 0 Å². The smallest absolute Gasteiger partial charge is 0.337 e. The van der Waals surface area contributed by atoms with E-state index in [9.17, 15) is 9.90 Å². The predicted octanol–water partition coefficient (Wildman–Crippen LogP) is 6.88. The second-order valence-electron chi connectivity index (χ2n) is 8.32. The van der Waals surface area contributed by atoms with Gasteiger partial charge in [-0.2, -0.15) is 0 Å².